The highest BCUT2D eigenvalue weighted by molar-refractivity contribution is 7.00. The van der Waals surface area contributed by atoms with Crippen molar-refractivity contribution in [1.29, 1.82) is 0 Å². The van der Waals surface area contributed by atoms with Gasteiger partial charge in [-0.15, -0.1) is 0 Å². The van der Waals surface area contributed by atoms with Gasteiger partial charge >= 0.3 is 0 Å². The summed E-state index contributed by atoms with van der Waals surface area (Å²) in [5.41, 5.74) is 27.6. The fourth-order valence-corrected chi connectivity index (χ4v) is 13.9. The topological polar surface area (TPSA) is 11.4 Å². The molecule has 72 heavy (non-hydrogen) atoms. The van der Waals surface area contributed by atoms with Crippen molar-refractivity contribution in [3.05, 3.63) is 129 Å². The van der Waals surface area contributed by atoms with E-state index in [-0.39, 0.29) is 50.0 Å². The van der Waals surface area contributed by atoms with Crippen LogP contribution >= 0.6 is 0 Å². The standard InChI is InChI=1S/C68H82BN3/c1-61(2,3)39-21-24-52-44(29-39)45-30-40(62(4,5)6)34-56-59(45)71(52)57-35-41(63(7,8)9)31-51-60(57)72(56)55-33-42(64(10,11)12)32-54-58(55)69(51)50-37-48-49(68(19,20)28-27-67(48,17)18)38-53(50)70(54)43-22-23-46-47(36-43)66(15,16)26-25-65(46,13)14/h21-24,29-38H,25-28H2,1-20H3. The van der Waals surface area contributed by atoms with Crippen LogP contribution in [0.2, 0.25) is 0 Å². The monoisotopic (exact) mass is 952 g/mol. The van der Waals surface area contributed by atoms with Gasteiger partial charge in [0.15, 0.2) is 0 Å². The minimum Gasteiger partial charge on any atom is -0.311 e. The molecule has 5 aliphatic rings. The van der Waals surface area contributed by atoms with Gasteiger partial charge in [-0.25, -0.2) is 0 Å². The van der Waals surface area contributed by atoms with E-state index in [1.165, 1.54) is 148 Å². The number of nitrogens with zero attached hydrogens (tertiary/aromatic N) is 3. The molecule has 0 N–H and O–H groups in total. The van der Waals surface area contributed by atoms with Crippen molar-refractivity contribution in [2.24, 2.45) is 0 Å². The van der Waals surface area contributed by atoms with Crippen LogP contribution < -0.4 is 26.2 Å². The molecule has 0 spiro atoms. The Hall–Kier alpha value is -5.22. The number of benzene rings is 6. The highest BCUT2D eigenvalue weighted by atomic mass is 15.2. The summed E-state index contributed by atoms with van der Waals surface area (Å²) in [6.45, 7) is 48.7. The number of aromatic nitrogens is 1. The van der Waals surface area contributed by atoms with E-state index in [0.717, 1.165) is 0 Å². The lowest BCUT2D eigenvalue weighted by atomic mass is 9.32. The molecule has 0 radical (unpaired) electrons. The number of fused-ring (bicyclic) bond motifs is 11. The van der Waals surface area contributed by atoms with Crippen molar-refractivity contribution in [3.8, 4) is 5.69 Å². The predicted octanol–water partition coefficient (Wildman–Crippen LogP) is 17.1. The summed E-state index contributed by atoms with van der Waals surface area (Å²) in [4.78, 5) is 5.53. The molecule has 3 aliphatic heterocycles. The number of anilines is 6. The maximum Gasteiger partial charge on any atom is 0.252 e. The lowest BCUT2D eigenvalue weighted by Gasteiger charge is -2.49. The zero-order chi connectivity index (χ0) is 51.7. The van der Waals surface area contributed by atoms with Crippen molar-refractivity contribution in [3.63, 3.8) is 0 Å². The van der Waals surface area contributed by atoms with Crippen molar-refractivity contribution in [1.82, 2.24) is 4.57 Å². The second-order valence-corrected chi connectivity index (χ2v) is 30.1. The molecule has 0 atom stereocenters. The van der Waals surface area contributed by atoms with E-state index in [0.29, 0.717) is 0 Å². The summed E-state index contributed by atoms with van der Waals surface area (Å²) < 4.78 is 2.69. The van der Waals surface area contributed by atoms with Crippen LogP contribution in [0.5, 0.6) is 0 Å². The fourth-order valence-electron chi connectivity index (χ4n) is 13.9. The van der Waals surface area contributed by atoms with Gasteiger partial charge in [-0.1, -0.05) is 163 Å². The first-order valence-electron chi connectivity index (χ1n) is 27.6. The number of rotatable bonds is 1. The van der Waals surface area contributed by atoms with Gasteiger partial charge in [-0.2, -0.15) is 0 Å². The van der Waals surface area contributed by atoms with E-state index >= 15 is 0 Å². The van der Waals surface area contributed by atoms with Gasteiger partial charge in [0.05, 0.1) is 28.1 Å². The van der Waals surface area contributed by atoms with E-state index in [4.69, 9.17) is 0 Å². The first-order valence-corrected chi connectivity index (χ1v) is 27.6. The van der Waals surface area contributed by atoms with Gasteiger partial charge in [0, 0.05) is 33.5 Å². The molecule has 0 amide bonds. The van der Waals surface area contributed by atoms with Gasteiger partial charge in [-0.3, -0.25) is 0 Å². The first kappa shape index (κ1) is 47.8. The molecule has 12 rings (SSSR count). The zero-order valence-electron chi connectivity index (χ0n) is 47.8. The van der Waals surface area contributed by atoms with E-state index in [1.807, 2.05) is 0 Å². The maximum atomic E-state index is 2.77. The van der Waals surface area contributed by atoms with Crippen LogP contribution in [0.25, 0.3) is 27.5 Å². The molecule has 0 fully saturated rings. The molecule has 4 heterocycles. The summed E-state index contributed by atoms with van der Waals surface area (Å²) in [5, 5.41) is 2.69. The van der Waals surface area contributed by atoms with Gasteiger partial charge < -0.3 is 14.4 Å². The van der Waals surface area contributed by atoms with Crippen molar-refractivity contribution < 1.29 is 0 Å². The Balaban J connectivity index is 1.29. The van der Waals surface area contributed by atoms with Gasteiger partial charge in [0.1, 0.15) is 0 Å². The van der Waals surface area contributed by atoms with E-state index in [9.17, 15) is 0 Å². The third-order valence-corrected chi connectivity index (χ3v) is 19.0. The average molecular weight is 952 g/mol. The highest BCUT2D eigenvalue weighted by Gasteiger charge is 2.50. The quantitative estimate of drug-likeness (QED) is 0.152. The maximum absolute atomic E-state index is 2.77. The molecule has 7 aromatic rings. The SMILES string of the molecule is CC(C)(C)c1cc2c3c(c1)N1c4c(cc(C(C)(C)C)cc4-n4c5ccc(C(C)(C)C)cc5c5cc(C(C)(C)C)cc1c54)B3c1cc3c(cc1N2c1ccc2c(c1)C(C)(C)CCC2(C)C)C(C)(C)CCC3(C)C. The Labute approximate surface area is 433 Å². The molecule has 1 aromatic heterocycles. The highest BCUT2D eigenvalue weighted by Crippen LogP contribution is 2.57. The molecule has 0 unspecified atom stereocenters. The molecular weight excluding hydrogens is 870 g/mol. The summed E-state index contributed by atoms with van der Waals surface area (Å²) >= 11 is 0. The summed E-state index contributed by atoms with van der Waals surface area (Å²) in [6.07, 6.45) is 4.74. The van der Waals surface area contributed by atoms with Crippen molar-refractivity contribution in [2.75, 3.05) is 9.80 Å². The zero-order valence-corrected chi connectivity index (χ0v) is 47.8. The Kier molecular flexibility index (Phi) is 9.51. The van der Waals surface area contributed by atoms with Crippen LogP contribution in [0.3, 0.4) is 0 Å². The Morgan fingerprint density at radius 1 is 0.389 bits per heavy atom. The Morgan fingerprint density at radius 3 is 1.44 bits per heavy atom. The molecule has 3 nitrogen and oxygen atoms in total. The lowest BCUT2D eigenvalue weighted by Crippen LogP contribution is -2.62. The van der Waals surface area contributed by atoms with Crippen molar-refractivity contribution in [2.45, 2.75) is 207 Å². The van der Waals surface area contributed by atoms with Crippen LogP contribution in [0.4, 0.5) is 34.1 Å². The van der Waals surface area contributed by atoms with Crippen LogP contribution in [0, 0.1) is 0 Å². The van der Waals surface area contributed by atoms with Crippen LogP contribution in [0.15, 0.2) is 84.9 Å². The molecule has 0 bridgehead atoms. The predicted molar refractivity (Wildman–Crippen MR) is 314 cm³/mol. The second kappa shape index (κ2) is 14.3. The van der Waals surface area contributed by atoms with Crippen LogP contribution in [-0.2, 0) is 43.3 Å². The van der Waals surface area contributed by atoms with Crippen LogP contribution in [-0.4, -0.2) is 11.3 Å². The van der Waals surface area contributed by atoms with Crippen LogP contribution in [0.1, 0.15) is 209 Å². The van der Waals surface area contributed by atoms with E-state index < -0.39 is 0 Å². The summed E-state index contributed by atoms with van der Waals surface area (Å²) in [7, 11) is 0. The minimum absolute atomic E-state index is 0.0128. The Morgan fingerprint density at radius 2 is 0.861 bits per heavy atom. The Bertz CT molecular complexity index is 3520. The molecule has 0 saturated heterocycles. The third-order valence-electron chi connectivity index (χ3n) is 19.0. The number of hydrogen-bond donors (Lipinski definition) is 0. The van der Waals surface area contributed by atoms with Gasteiger partial charge in [0.2, 0.25) is 0 Å². The third kappa shape index (κ3) is 6.67. The molecule has 372 valence electrons. The van der Waals surface area contributed by atoms with Gasteiger partial charge in [0.25, 0.3) is 6.71 Å². The molecular formula is C68H82BN3. The van der Waals surface area contributed by atoms with E-state index in [1.54, 1.807) is 0 Å². The average Bonchev–Trinajstić information content (AvgIpc) is 3.61. The summed E-state index contributed by atoms with van der Waals surface area (Å²) in [6, 6.07) is 36.0. The number of hydrogen-bond acceptors (Lipinski definition) is 2. The van der Waals surface area contributed by atoms with Gasteiger partial charge in [-0.05, 0) is 191 Å². The second-order valence-electron chi connectivity index (χ2n) is 30.1. The summed E-state index contributed by atoms with van der Waals surface area (Å²) in [5.74, 6) is 0. The van der Waals surface area contributed by atoms with Crippen molar-refractivity contribution >= 4 is 79.0 Å². The lowest BCUT2D eigenvalue weighted by molar-refractivity contribution is 0.332. The largest absolute Gasteiger partial charge is 0.311 e. The first-order chi connectivity index (χ1) is 33.2. The molecule has 6 aromatic carbocycles. The molecule has 4 heteroatoms. The molecule has 0 saturated carbocycles. The smallest absolute Gasteiger partial charge is 0.252 e. The van der Waals surface area contributed by atoms with E-state index in [2.05, 4.69) is 238 Å². The molecule has 2 aliphatic carbocycles. The fraction of sp³-hybridized carbons (Fsp3) is 0.471. The normalized spacial score (nSPS) is 19.0. The minimum atomic E-state index is -0.119.